The second kappa shape index (κ2) is 10.8. The van der Waals surface area contributed by atoms with Gasteiger partial charge in [0.2, 0.25) is 0 Å². The summed E-state index contributed by atoms with van der Waals surface area (Å²) in [5.74, 6) is 0. The number of rotatable bonds is 9. The summed E-state index contributed by atoms with van der Waals surface area (Å²) in [5.41, 5.74) is 4.33. The Morgan fingerprint density at radius 2 is 1.78 bits per heavy atom. The lowest BCUT2D eigenvalue weighted by atomic mass is 10.0. The maximum Gasteiger partial charge on any atom is 0.0479 e. The number of hydrogen-bond donors (Lipinski definition) is 0. The summed E-state index contributed by atoms with van der Waals surface area (Å²) in [4.78, 5) is 15.7. The van der Waals surface area contributed by atoms with E-state index in [1.54, 1.807) is 24.8 Å². The molecule has 0 fully saturated rings. The summed E-state index contributed by atoms with van der Waals surface area (Å²) >= 11 is 0. The van der Waals surface area contributed by atoms with E-state index in [0.717, 1.165) is 35.2 Å². The lowest BCUT2D eigenvalue weighted by molar-refractivity contribution is 0.906. The lowest BCUT2D eigenvalue weighted by Gasteiger charge is -2.08. The van der Waals surface area contributed by atoms with Crippen molar-refractivity contribution in [1.82, 2.24) is 4.98 Å². The number of aromatic nitrogens is 1. The topological polar surface area (TPSA) is 50.0 Å². The van der Waals surface area contributed by atoms with E-state index in [9.17, 15) is 0 Å². The van der Waals surface area contributed by atoms with Gasteiger partial charge in [-0.3, -0.25) is 20.0 Å². The van der Waals surface area contributed by atoms with Crippen LogP contribution >= 0.6 is 0 Å². The van der Waals surface area contributed by atoms with Crippen molar-refractivity contribution in [3.63, 3.8) is 0 Å². The molecule has 0 saturated carbocycles. The standard InChI is InChI=1S/C19H22N4/c1-16(9-13-20-2)17(10-14-21-3)7-8-19-18(11-15-22-4)6-5-12-23-19/h5-6,9-15H,2-4,7-8H2,1H3/b13-9-,14-10-,15-11-,17-16+. The third kappa shape index (κ3) is 6.61. The van der Waals surface area contributed by atoms with E-state index in [-0.39, 0.29) is 0 Å². The molecular weight excluding hydrogens is 284 g/mol. The Labute approximate surface area is 138 Å². The second-order valence-corrected chi connectivity index (χ2v) is 4.74. The van der Waals surface area contributed by atoms with Crippen molar-refractivity contribution in [3.05, 3.63) is 71.5 Å². The highest BCUT2D eigenvalue weighted by molar-refractivity contribution is 5.52. The van der Waals surface area contributed by atoms with E-state index in [4.69, 9.17) is 0 Å². The highest BCUT2D eigenvalue weighted by Gasteiger charge is 2.04. The minimum Gasteiger partial charge on any atom is -0.273 e. The van der Waals surface area contributed by atoms with Gasteiger partial charge in [0, 0.05) is 30.5 Å². The van der Waals surface area contributed by atoms with Crippen LogP contribution in [0.15, 0.2) is 75.2 Å². The number of allylic oxidation sites excluding steroid dienone is 4. The summed E-state index contributed by atoms with van der Waals surface area (Å²) < 4.78 is 0. The number of nitrogens with zero attached hydrogens (tertiary/aromatic N) is 4. The van der Waals surface area contributed by atoms with E-state index in [2.05, 4.69) is 40.1 Å². The number of aryl methyl sites for hydroxylation is 1. The Morgan fingerprint density at radius 3 is 2.48 bits per heavy atom. The molecular formula is C19H22N4. The third-order valence-electron chi connectivity index (χ3n) is 3.23. The highest BCUT2D eigenvalue weighted by atomic mass is 14.7. The molecule has 0 aliphatic heterocycles. The highest BCUT2D eigenvalue weighted by Crippen LogP contribution is 2.18. The van der Waals surface area contributed by atoms with Crippen molar-refractivity contribution in [2.45, 2.75) is 19.8 Å². The van der Waals surface area contributed by atoms with Crippen LogP contribution < -0.4 is 0 Å². The third-order valence-corrected chi connectivity index (χ3v) is 3.23. The first-order chi connectivity index (χ1) is 11.2. The lowest BCUT2D eigenvalue weighted by Crippen LogP contribution is -1.96. The molecule has 4 nitrogen and oxygen atoms in total. The van der Waals surface area contributed by atoms with Crippen molar-refractivity contribution in [2.24, 2.45) is 15.0 Å². The van der Waals surface area contributed by atoms with Gasteiger partial charge in [0.05, 0.1) is 0 Å². The van der Waals surface area contributed by atoms with Crippen LogP contribution in [-0.2, 0) is 6.42 Å². The molecule has 0 amide bonds. The normalized spacial score (nSPS) is 12.7. The molecule has 1 aromatic heterocycles. The maximum atomic E-state index is 4.46. The Kier molecular flexibility index (Phi) is 8.52. The molecule has 4 heteroatoms. The van der Waals surface area contributed by atoms with Gasteiger partial charge in [-0.15, -0.1) is 0 Å². The molecule has 0 atom stereocenters. The summed E-state index contributed by atoms with van der Waals surface area (Å²) in [5, 5.41) is 0. The van der Waals surface area contributed by atoms with Crippen LogP contribution in [0.3, 0.4) is 0 Å². The van der Waals surface area contributed by atoms with Crippen LogP contribution in [0.25, 0.3) is 6.08 Å². The zero-order valence-electron chi connectivity index (χ0n) is 13.5. The molecule has 0 radical (unpaired) electrons. The van der Waals surface area contributed by atoms with Crippen molar-refractivity contribution >= 4 is 26.2 Å². The van der Waals surface area contributed by atoms with Gasteiger partial charge in [0.25, 0.3) is 0 Å². The number of hydrogen-bond acceptors (Lipinski definition) is 4. The molecule has 1 heterocycles. The molecule has 23 heavy (non-hydrogen) atoms. The molecule has 0 saturated heterocycles. The maximum absolute atomic E-state index is 4.46. The predicted molar refractivity (Wildman–Crippen MR) is 101 cm³/mol. The summed E-state index contributed by atoms with van der Waals surface area (Å²) in [6, 6.07) is 3.93. The fourth-order valence-corrected chi connectivity index (χ4v) is 2.02. The molecule has 0 aliphatic carbocycles. The van der Waals surface area contributed by atoms with Gasteiger partial charge in [0.1, 0.15) is 0 Å². The van der Waals surface area contributed by atoms with Crippen molar-refractivity contribution < 1.29 is 0 Å². The first-order valence-electron chi connectivity index (χ1n) is 7.23. The van der Waals surface area contributed by atoms with Crippen LogP contribution in [0.1, 0.15) is 24.6 Å². The molecule has 1 aromatic rings. The van der Waals surface area contributed by atoms with Crippen LogP contribution in [-0.4, -0.2) is 25.1 Å². The van der Waals surface area contributed by atoms with E-state index in [1.807, 2.05) is 37.3 Å². The molecule has 1 rings (SSSR count). The van der Waals surface area contributed by atoms with E-state index in [0.29, 0.717) is 0 Å². The zero-order chi connectivity index (χ0) is 16.9. The SMILES string of the molecule is C=N\C=C/C(C)=C(/C=C\N=C)CCc1ncccc1/C=C\N=C. The fourth-order valence-electron chi connectivity index (χ4n) is 2.02. The van der Waals surface area contributed by atoms with Crippen LogP contribution in [0.2, 0.25) is 0 Å². The molecule has 0 spiro atoms. The average Bonchev–Trinajstić information content (AvgIpc) is 2.58. The van der Waals surface area contributed by atoms with Gasteiger partial charge < -0.3 is 0 Å². The van der Waals surface area contributed by atoms with Crippen LogP contribution in [0.4, 0.5) is 0 Å². The largest absolute Gasteiger partial charge is 0.273 e. The Bertz CT molecular complexity index is 664. The molecule has 0 bridgehead atoms. The first kappa shape index (κ1) is 18.2. The van der Waals surface area contributed by atoms with E-state index < -0.39 is 0 Å². The molecule has 118 valence electrons. The smallest absolute Gasteiger partial charge is 0.0479 e. The summed E-state index contributed by atoms with van der Waals surface area (Å²) in [6.07, 6.45) is 14.3. The minimum absolute atomic E-state index is 0.807. The first-order valence-corrected chi connectivity index (χ1v) is 7.23. The van der Waals surface area contributed by atoms with Gasteiger partial charge in [0.15, 0.2) is 0 Å². The summed E-state index contributed by atoms with van der Waals surface area (Å²) in [6.45, 7) is 12.4. The quantitative estimate of drug-likeness (QED) is 0.492. The predicted octanol–water partition coefficient (Wildman–Crippen LogP) is 4.43. The number of aliphatic imine (C=N–C) groups is 3. The Balaban J connectivity index is 2.99. The average molecular weight is 306 g/mol. The number of pyridine rings is 1. The zero-order valence-corrected chi connectivity index (χ0v) is 13.5. The summed E-state index contributed by atoms with van der Waals surface area (Å²) in [7, 11) is 0. The van der Waals surface area contributed by atoms with Gasteiger partial charge in [-0.2, -0.15) is 0 Å². The monoisotopic (exact) mass is 306 g/mol. The Morgan fingerprint density at radius 1 is 1.09 bits per heavy atom. The van der Waals surface area contributed by atoms with E-state index in [1.165, 1.54) is 0 Å². The minimum atomic E-state index is 0.807. The van der Waals surface area contributed by atoms with Gasteiger partial charge >= 0.3 is 0 Å². The van der Waals surface area contributed by atoms with Gasteiger partial charge in [-0.1, -0.05) is 6.07 Å². The van der Waals surface area contributed by atoms with Crippen molar-refractivity contribution in [1.29, 1.82) is 0 Å². The van der Waals surface area contributed by atoms with Crippen molar-refractivity contribution in [3.8, 4) is 0 Å². The molecule has 0 N–H and O–H groups in total. The van der Waals surface area contributed by atoms with Crippen LogP contribution in [0, 0.1) is 0 Å². The van der Waals surface area contributed by atoms with Crippen molar-refractivity contribution in [2.75, 3.05) is 0 Å². The van der Waals surface area contributed by atoms with Gasteiger partial charge in [-0.25, -0.2) is 0 Å². The second-order valence-electron chi connectivity index (χ2n) is 4.74. The molecule has 0 aromatic carbocycles. The fraction of sp³-hybridized carbons (Fsp3) is 0.158. The molecule has 0 aliphatic rings. The molecule has 0 unspecified atom stereocenters. The Hall–Kier alpha value is -2.88. The van der Waals surface area contributed by atoms with Crippen LogP contribution in [0.5, 0.6) is 0 Å². The van der Waals surface area contributed by atoms with E-state index >= 15 is 0 Å². The van der Waals surface area contributed by atoms with Gasteiger partial charge in [-0.05, 0) is 80.9 Å².